The molecule has 0 saturated heterocycles. The second-order valence-corrected chi connectivity index (χ2v) is 5.25. The Labute approximate surface area is 138 Å². The average Bonchev–Trinajstić information content (AvgIpc) is 2.58. The van der Waals surface area contributed by atoms with Crippen LogP contribution in [0.3, 0.4) is 0 Å². The number of hydrogen-bond acceptors (Lipinski definition) is 4. The van der Waals surface area contributed by atoms with Gasteiger partial charge in [-0.1, -0.05) is 54.1 Å². The Morgan fingerprint density at radius 2 is 1.22 bits per heavy atom. The molecule has 0 aliphatic heterocycles. The fourth-order valence-electron chi connectivity index (χ4n) is 2.15. The number of Topliss-reactive ketones (excluding diaryl/α,β-unsaturated/α-hetero) is 2. The summed E-state index contributed by atoms with van der Waals surface area (Å²) in [6.07, 6.45) is 0. The van der Waals surface area contributed by atoms with Gasteiger partial charge in [-0.25, -0.2) is 0 Å². The summed E-state index contributed by atoms with van der Waals surface area (Å²) in [6.45, 7) is 0. The van der Waals surface area contributed by atoms with Gasteiger partial charge in [0.25, 0.3) is 0 Å². The van der Waals surface area contributed by atoms with Gasteiger partial charge in [-0.3, -0.25) is 9.59 Å². The Hall–Kier alpha value is -2.95. The maximum absolute atomic E-state index is 12.4. The molecule has 0 aromatic heterocycles. The monoisotopic (exact) mass is 322 g/mol. The minimum atomic E-state index is -1.25. The van der Waals surface area contributed by atoms with E-state index in [0.29, 0.717) is 16.1 Å². The molecule has 5 heteroatoms. The molecule has 0 amide bonds. The highest BCUT2D eigenvalue weighted by molar-refractivity contribution is 6.42. The van der Waals surface area contributed by atoms with Crippen molar-refractivity contribution in [2.45, 2.75) is 11.8 Å². The summed E-state index contributed by atoms with van der Waals surface area (Å²) in [5.74, 6) is -4.25. The van der Waals surface area contributed by atoms with E-state index in [2.05, 4.69) is 0 Å². The van der Waals surface area contributed by atoms with Gasteiger partial charge in [0.05, 0.1) is 12.1 Å². The van der Waals surface area contributed by atoms with Gasteiger partial charge in [-0.2, -0.15) is 10.5 Å². The molecule has 4 nitrogen and oxygen atoms in total. The van der Waals surface area contributed by atoms with Crippen LogP contribution in [0.4, 0.5) is 0 Å². The van der Waals surface area contributed by atoms with Crippen molar-refractivity contribution < 1.29 is 9.59 Å². The molecule has 2 unspecified atom stereocenters. The van der Waals surface area contributed by atoms with Gasteiger partial charge in [0.15, 0.2) is 0 Å². The molecule has 0 fully saturated rings. The second-order valence-electron chi connectivity index (χ2n) is 4.81. The highest BCUT2D eigenvalue weighted by Gasteiger charge is 2.33. The number of benzene rings is 2. The van der Waals surface area contributed by atoms with Crippen LogP contribution in [0, 0.1) is 22.7 Å². The molecule has 112 valence electrons. The predicted octanol–water partition coefficient (Wildman–Crippen LogP) is 3.39. The molecule has 0 saturated carbocycles. The zero-order chi connectivity index (χ0) is 16.8. The molecule has 2 rings (SSSR count). The van der Waals surface area contributed by atoms with Crippen LogP contribution >= 0.6 is 11.6 Å². The highest BCUT2D eigenvalue weighted by Crippen LogP contribution is 2.23. The second kappa shape index (κ2) is 7.35. The fourth-order valence-corrected chi connectivity index (χ4v) is 2.28. The van der Waals surface area contributed by atoms with Gasteiger partial charge < -0.3 is 0 Å². The molecule has 0 radical (unpaired) electrons. The van der Waals surface area contributed by atoms with Gasteiger partial charge in [0, 0.05) is 5.02 Å². The summed E-state index contributed by atoms with van der Waals surface area (Å²) in [5.41, 5.74) is 0.807. The first-order valence-corrected chi connectivity index (χ1v) is 7.14. The molecule has 2 aromatic rings. The highest BCUT2D eigenvalue weighted by atomic mass is 35.5. The smallest absolute Gasteiger partial charge is 0.221 e. The number of carbonyl (C=O) groups excluding carboxylic acids is 2. The Kier molecular flexibility index (Phi) is 5.25. The van der Waals surface area contributed by atoms with Crippen LogP contribution in [0.5, 0.6) is 0 Å². The van der Waals surface area contributed by atoms with Crippen molar-refractivity contribution in [2.24, 2.45) is 0 Å². The molecular formula is C18H11ClN2O2. The Morgan fingerprint density at radius 3 is 1.65 bits per heavy atom. The van der Waals surface area contributed by atoms with E-state index in [0.717, 1.165) is 0 Å². The zero-order valence-corrected chi connectivity index (χ0v) is 12.7. The normalized spacial score (nSPS) is 12.5. The lowest BCUT2D eigenvalue weighted by atomic mass is 9.86. The number of nitriles is 2. The average molecular weight is 323 g/mol. The van der Waals surface area contributed by atoms with Crippen molar-refractivity contribution in [3.63, 3.8) is 0 Å². The number of nitrogens with zero attached hydrogens (tertiary/aromatic N) is 2. The van der Waals surface area contributed by atoms with E-state index in [4.69, 9.17) is 11.6 Å². The van der Waals surface area contributed by atoms with Crippen LogP contribution in [0.1, 0.15) is 23.0 Å². The molecule has 0 aliphatic carbocycles. The first-order valence-electron chi connectivity index (χ1n) is 6.76. The van der Waals surface area contributed by atoms with Gasteiger partial charge in [-0.05, 0) is 23.3 Å². The number of carbonyl (C=O) groups is 2. The molecule has 2 aromatic carbocycles. The molecule has 0 bridgehead atoms. The van der Waals surface area contributed by atoms with Crippen molar-refractivity contribution >= 4 is 23.2 Å². The topological polar surface area (TPSA) is 81.7 Å². The van der Waals surface area contributed by atoms with Crippen molar-refractivity contribution in [3.8, 4) is 12.1 Å². The van der Waals surface area contributed by atoms with Crippen molar-refractivity contribution in [1.29, 1.82) is 10.5 Å². The Balaban J connectivity index is 2.30. The first kappa shape index (κ1) is 16.4. The standard InChI is InChI=1S/C18H11ClN2O2/c19-14-8-6-13(7-9-14)16(11-21)18(23)17(22)15(10-20)12-4-2-1-3-5-12/h1-9,15-16H. The third kappa shape index (κ3) is 3.63. The third-order valence-corrected chi connectivity index (χ3v) is 3.61. The van der Waals surface area contributed by atoms with E-state index < -0.39 is 23.4 Å². The maximum atomic E-state index is 12.4. The van der Waals surface area contributed by atoms with Gasteiger partial charge >= 0.3 is 0 Å². The zero-order valence-electron chi connectivity index (χ0n) is 11.9. The minimum Gasteiger partial charge on any atom is -0.289 e. The summed E-state index contributed by atoms with van der Waals surface area (Å²) in [6, 6.07) is 18.1. The predicted molar refractivity (Wildman–Crippen MR) is 84.6 cm³/mol. The Morgan fingerprint density at radius 1 is 0.783 bits per heavy atom. The van der Waals surface area contributed by atoms with E-state index in [9.17, 15) is 20.1 Å². The molecule has 0 aliphatic rings. The molecule has 0 N–H and O–H groups in total. The van der Waals surface area contributed by atoms with Crippen LogP contribution < -0.4 is 0 Å². The summed E-state index contributed by atoms with van der Waals surface area (Å²) >= 11 is 5.78. The van der Waals surface area contributed by atoms with Crippen LogP contribution in [0.15, 0.2) is 54.6 Å². The van der Waals surface area contributed by atoms with Crippen molar-refractivity contribution in [2.75, 3.05) is 0 Å². The summed E-state index contributed by atoms with van der Waals surface area (Å²) < 4.78 is 0. The SMILES string of the molecule is N#CC(C(=O)C(=O)C(C#N)c1ccc(Cl)cc1)c1ccccc1. The number of hydrogen-bond donors (Lipinski definition) is 0. The molecular weight excluding hydrogens is 312 g/mol. The largest absolute Gasteiger partial charge is 0.289 e. The van der Waals surface area contributed by atoms with E-state index in [1.165, 1.54) is 24.3 Å². The van der Waals surface area contributed by atoms with Gasteiger partial charge in [0.2, 0.25) is 11.6 Å². The summed E-state index contributed by atoms with van der Waals surface area (Å²) in [7, 11) is 0. The van der Waals surface area contributed by atoms with E-state index in [-0.39, 0.29) is 0 Å². The van der Waals surface area contributed by atoms with Crippen LogP contribution in [0.2, 0.25) is 5.02 Å². The van der Waals surface area contributed by atoms with Crippen molar-refractivity contribution in [3.05, 3.63) is 70.7 Å². The molecule has 0 spiro atoms. The molecule has 23 heavy (non-hydrogen) atoms. The molecule has 2 atom stereocenters. The third-order valence-electron chi connectivity index (χ3n) is 3.36. The van der Waals surface area contributed by atoms with Crippen LogP contribution in [-0.4, -0.2) is 11.6 Å². The summed E-state index contributed by atoms with van der Waals surface area (Å²) in [4.78, 5) is 24.7. The minimum absolute atomic E-state index is 0.375. The lowest BCUT2D eigenvalue weighted by molar-refractivity contribution is -0.137. The lowest BCUT2D eigenvalue weighted by Gasteiger charge is -2.11. The quantitative estimate of drug-likeness (QED) is 0.790. The maximum Gasteiger partial charge on any atom is 0.221 e. The van der Waals surface area contributed by atoms with E-state index >= 15 is 0 Å². The first-order chi connectivity index (χ1) is 11.1. The molecule has 0 heterocycles. The summed E-state index contributed by atoms with van der Waals surface area (Å²) in [5, 5.41) is 19.0. The lowest BCUT2D eigenvalue weighted by Crippen LogP contribution is -2.26. The van der Waals surface area contributed by atoms with Crippen LogP contribution in [0.25, 0.3) is 0 Å². The van der Waals surface area contributed by atoms with Crippen LogP contribution in [-0.2, 0) is 9.59 Å². The number of rotatable bonds is 5. The van der Waals surface area contributed by atoms with Gasteiger partial charge in [-0.15, -0.1) is 0 Å². The number of ketones is 2. The number of halogens is 1. The van der Waals surface area contributed by atoms with E-state index in [1.807, 2.05) is 12.1 Å². The van der Waals surface area contributed by atoms with E-state index in [1.54, 1.807) is 30.3 Å². The van der Waals surface area contributed by atoms with Gasteiger partial charge in [0.1, 0.15) is 11.8 Å². The van der Waals surface area contributed by atoms with Crippen molar-refractivity contribution in [1.82, 2.24) is 0 Å². The fraction of sp³-hybridized carbons (Fsp3) is 0.111. The Bertz CT molecular complexity index is 802.